The van der Waals surface area contributed by atoms with Crippen molar-refractivity contribution in [2.45, 2.75) is 18.6 Å². The predicted octanol–water partition coefficient (Wildman–Crippen LogP) is 0.741. The molecule has 0 spiro atoms. The van der Waals surface area contributed by atoms with Crippen molar-refractivity contribution in [2.75, 3.05) is 6.61 Å². The van der Waals surface area contributed by atoms with E-state index in [1.165, 1.54) is 6.07 Å². The highest BCUT2D eigenvalue weighted by Gasteiger charge is 2.18. The SMILES string of the molecule is OCCC(O)C(O)c1ccc(F)c(F)c1. The van der Waals surface area contributed by atoms with Crippen LogP contribution in [0.5, 0.6) is 0 Å². The maximum atomic E-state index is 12.8. The normalized spacial score (nSPS) is 15.0. The Kier molecular flexibility index (Phi) is 4.14. The van der Waals surface area contributed by atoms with Gasteiger partial charge in [-0.3, -0.25) is 0 Å². The highest BCUT2D eigenvalue weighted by Crippen LogP contribution is 2.20. The van der Waals surface area contributed by atoms with Crippen molar-refractivity contribution in [3.8, 4) is 0 Å². The number of hydrogen-bond acceptors (Lipinski definition) is 3. The predicted molar refractivity (Wildman–Crippen MR) is 49.0 cm³/mol. The molecule has 0 radical (unpaired) electrons. The summed E-state index contributed by atoms with van der Waals surface area (Å²) < 4.78 is 25.3. The number of hydrogen-bond donors (Lipinski definition) is 3. The molecule has 2 atom stereocenters. The Bertz CT molecular complexity index is 330. The Labute approximate surface area is 85.6 Å². The average molecular weight is 218 g/mol. The second-order valence-corrected chi connectivity index (χ2v) is 3.20. The molecule has 0 aliphatic rings. The van der Waals surface area contributed by atoms with Gasteiger partial charge >= 0.3 is 0 Å². The molecular weight excluding hydrogens is 206 g/mol. The fraction of sp³-hybridized carbons (Fsp3) is 0.400. The Morgan fingerprint density at radius 3 is 2.33 bits per heavy atom. The minimum Gasteiger partial charge on any atom is -0.396 e. The molecule has 0 heterocycles. The molecule has 1 aromatic carbocycles. The molecule has 1 rings (SSSR count). The highest BCUT2D eigenvalue weighted by atomic mass is 19.2. The van der Waals surface area contributed by atoms with Gasteiger partial charge in [0.05, 0.1) is 6.10 Å². The van der Waals surface area contributed by atoms with E-state index in [0.717, 1.165) is 12.1 Å². The molecule has 0 fully saturated rings. The van der Waals surface area contributed by atoms with E-state index in [-0.39, 0.29) is 18.6 Å². The van der Waals surface area contributed by atoms with Crippen molar-refractivity contribution in [3.05, 3.63) is 35.4 Å². The third-order valence-corrected chi connectivity index (χ3v) is 2.07. The number of aliphatic hydroxyl groups is 3. The van der Waals surface area contributed by atoms with E-state index in [1.807, 2.05) is 0 Å². The molecule has 0 aliphatic carbocycles. The fourth-order valence-electron chi connectivity index (χ4n) is 1.21. The lowest BCUT2D eigenvalue weighted by molar-refractivity contribution is 0.00402. The lowest BCUT2D eigenvalue weighted by atomic mass is 10.0. The van der Waals surface area contributed by atoms with E-state index in [4.69, 9.17) is 5.11 Å². The summed E-state index contributed by atoms with van der Waals surface area (Å²) in [5, 5.41) is 27.3. The summed E-state index contributed by atoms with van der Waals surface area (Å²) in [6.07, 6.45) is -2.55. The summed E-state index contributed by atoms with van der Waals surface area (Å²) in [5.74, 6) is -2.09. The summed E-state index contributed by atoms with van der Waals surface area (Å²) >= 11 is 0. The quantitative estimate of drug-likeness (QED) is 0.698. The fourth-order valence-corrected chi connectivity index (χ4v) is 1.21. The van der Waals surface area contributed by atoms with Crippen molar-refractivity contribution in [3.63, 3.8) is 0 Å². The van der Waals surface area contributed by atoms with Gasteiger partial charge in [0.2, 0.25) is 0 Å². The summed E-state index contributed by atoms with van der Waals surface area (Å²) in [4.78, 5) is 0. The lowest BCUT2D eigenvalue weighted by Crippen LogP contribution is -2.19. The molecular formula is C10H12F2O3. The molecule has 0 saturated heterocycles. The van der Waals surface area contributed by atoms with E-state index in [1.54, 1.807) is 0 Å². The van der Waals surface area contributed by atoms with Crippen LogP contribution >= 0.6 is 0 Å². The molecule has 0 saturated carbocycles. The Morgan fingerprint density at radius 1 is 1.13 bits per heavy atom. The van der Waals surface area contributed by atoms with Gasteiger partial charge in [0.25, 0.3) is 0 Å². The molecule has 0 aliphatic heterocycles. The van der Waals surface area contributed by atoms with Crippen LogP contribution in [-0.4, -0.2) is 28.0 Å². The van der Waals surface area contributed by atoms with E-state index in [2.05, 4.69) is 0 Å². The van der Waals surface area contributed by atoms with Crippen LogP contribution in [0.4, 0.5) is 8.78 Å². The summed E-state index contributed by atoms with van der Waals surface area (Å²) in [6.45, 7) is -0.290. The largest absolute Gasteiger partial charge is 0.396 e. The Hall–Kier alpha value is -1.04. The van der Waals surface area contributed by atoms with Gasteiger partial charge in [0.15, 0.2) is 11.6 Å². The van der Waals surface area contributed by atoms with Crippen LogP contribution in [0.3, 0.4) is 0 Å². The number of halogens is 2. The summed E-state index contributed by atoms with van der Waals surface area (Å²) in [7, 11) is 0. The first-order valence-corrected chi connectivity index (χ1v) is 4.48. The minimum atomic E-state index is -1.33. The average Bonchev–Trinajstić information content (AvgIpc) is 2.21. The molecule has 84 valence electrons. The Morgan fingerprint density at radius 2 is 1.80 bits per heavy atom. The van der Waals surface area contributed by atoms with Crippen LogP contribution in [0, 0.1) is 11.6 Å². The molecule has 2 unspecified atom stereocenters. The highest BCUT2D eigenvalue weighted by molar-refractivity contribution is 5.20. The van der Waals surface area contributed by atoms with Crippen LogP contribution in [0.15, 0.2) is 18.2 Å². The number of aliphatic hydroxyl groups excluding tert-OH is 3. The maximum absolute atomic E-state index is 12.8. The van der Waals surface area contributed by atoms with Gasteiger partial charge in [-0.05, 0) is 24.1 Å². The molecule has 3 N–H and O–H groups in total. The molecule has 3 nitrogen and oxygen atoms in total. The molecule has 0 bridgehead atoms. The van der Waals surface area contributed by atoms with Crippen LogP contribution in [0.2, 0.25) is 0 Å². The van der Waals surface area contributed by atoms with Crippen LogP contribution in [0.25, 0.3) is 0 Å². The van der Waals surface area contributed by atoms with Gasteiger partial charge in [0, 0.05) is 6.61 Å². The molecule has 5 heteroatoms. The van der Waals surface area contributed by atoms with Crippen molar-refractivity contribution in [1.82, 2.24) is 0 Å². The first kappa shape index (κ1) is 12.0. The zero-order chi connectivity index (χ0) is 11.4. The standard InChI is InChI=1S/C10H12F2O3/c11-7-2-1-6(5-8(7)12)10(15)9(14)3-4-13/h1-2,5,9-10,13-15H,3-4H2. The number of rotatable bonds is 4. The van der Waals surface area contributed by atoms with Gasteiger partial charge in [-0.15, -0.1) is 0 Å². The summed E-state index contributed by atoms with van der Waals surface area (Å²) in [6, 6.07) is 2.88. The topological polar surface area (TPSA) is 60.7 Å². The molecule has 0 amide bonds. The second-order valence-electron chi connectivity index (χ2n) is 3.20. The van der Waals surface area contributed by atoms with Crippen molar-refractivity contribution >= 4 is 0 Å². The van der Waals surface area contributed by atoms with E-state index in [9.17, 15) is 19.0 Å². The van der Waals surface area contributed by atoms with Crippen LogP contribution in [0.1, 0.15) is 18.1 Å². The molecule has 15 heavy (non-hydrogen) atoms. The zero-order valence-electron chi connectivity index (χ0n) is 7.90. The number of benzene rings is 1. The summed E-state index contributed by atoms with van der Waals surface area (Å²) in [5.41, 5.74) is 0.0786. The van der Waals surface area contributed by atoms with Crippen LogP contribution < -0.4 is 0 Å². The van der Waals surface area contributed by atoms with Crippen LogP contribution in [-0.2, 0) is 0 Å². The second kappa shape index (κ2) is 5.16. The van der Waals surface area contributed by atoms with Gasteiger partial charge in [0.1, 0.15) is 6.10 Å². The molecule has 0 aromatic heterocycles. The maximum Gasteiger partial charge on any atom is 0.159 e. The van der Waals surface area contributed by atoms with Crippen molar-refractivity contribution in [1.29, 1.82) is 0 Å². The first-order valence-electron chi connectivity index (χ1n) is 4.48. The third kappa shape index (κ3) is 2.95. The monoisotopic (exact) mass is 218 g/mol. The third-order valence-electron chi connectivity index (χ3n) is 2.07. The Balaban J connectivity index is 2.81. The molecule has 1 aromatic rings. The minimum absolute atomic E-state index is 0.0276. The van der Waals surface area contributed by atoms with Crippen molar-refractivity contribution < 1.29 is 24.1 Å². The van der Waals surface area contributed by atoms with Gasteiger partial charge in [-0.25, -0.2) is 8.78 Å². The lowest BCUT2D eigenvalue weighted by Gasteiger charge is -2.17. The smallest absolute Gasteiger partial charge is 0.159 e. The van der Waals surface area contributed by atoms with Crippen molar-refractivity contribution in [2.24, 2.45) is 0 Å². The van der Waals surface area contributed by atoms with Gasteiger partial charge in [-0.2, -0.15) is 0 Å². The van der Waals surface area contributed by atoms with E-state index in [0.29, 0.717) is 0 Å². The zero-order valence-corrected chi connectivity index (χ0v) is 7.90. The van der Waals surface area contributed by atoms with E-state index < -0.39 is 23.8 Å². The van der Waals surface area contributed by atoms with Gasteiger partial charge < -0.3 is 15.3 Å². The first-order chi connectivity index (χ1) is 7.06. The van der Waals surface area contributed by atoms with Gasteiger partial charge in [-0.1, -0.05) is 6.07 Å². The van der Waals surface area contributed by atoms with E-state index >= 15 is 0 Å².